The summed E-state index contributed by atoms with van der Waals surface area (Å²) >= 11 is 0. The Kier molecular flexibility index (Phi) is 27.3. The summed E-state index contributed by atoms with van der Waals surface area (Å²) in [5.41, 5.74) is -2.72. The molecule has 17 heteroatoms. The Morgan fingerprint density at radius 1 is 0.661 bits per heavy atom. The number of hydrogen-bond acceptors (Lipinski definition) is 16. The summed E-state index contributed by atoms with van der Waals surface area (Å²) in [6.07, 6.45) is 1.28. The van der Waals surface area contributed by atoms with Crippen LogP contribution in [-0.4, -0.2) is 176 Å². The van der Waals surface area contributed by atoms with E-state index in [0.29, 0.717) is 32.6 Å². The molecule has 0 aromatic rings. The Morgan fingerprint density at radius 2 is 1.20 bits per heavy atom. The lowest BCUT2D eigenvalue weighted by Crippen LogP contribution is -2.81. The number of hydrogen-bond donors (Lipinski definition) is 12. The number of halogens is 1. The third-order valence-corrected chi connectivity index (χ3v) is 11.6. The molecular weight excluding hydrogens is 775 g/mol. The second kappa shape index (κ2) is 29.6. The van der Waals surface area contributed by atoms with Crippen molar-refractivity contribution in [3.63, 3.8) is 0 Å². The van der Waals surface area contributed by atoms with E-state index in [1.807, 2.05) is 0 Å². The van der Waals surface area contributed by atoms with Crippen LogP contribution in [0.2, 0.25) is 0 Å². The number of aliphatic hydroxyl groups is 10. The van der Waals surface area contributed by atoms with Crippen LogP contribution in [0, 0.1) is 0 Å². The van der Waals surface area contributed by atoms with Gasteiger partial charge in [0.05, 0.1) is 38.7 Å². The fourth-order valence-electron chi connectivity index (χ4n) is 8.12. The smallest absolute Gasteiger partial charge is 0.217 e. The molecule has 0 radical (unpaired) electrons. The zero-order valence-corrected chi connectivity index (χ0v) is 36.0. The van der Waals surface area contributed by atoms with Crippen LogP contribution in [-0.2, 0) is 18.9 Å². The summed E-state index contributed by atoms with van der Waals surface area (Å²) in [7, 11) is 0. The predicted molar refractivity (Wildman–Crippen MR) is 219 cm³/mol. The predicted octanol–water partition coefficient (Wildman–Crippen LogP) is 1.40. The van der Waals surface area contributed by atoms with Crippen LogP contribution in [0.5, 0.6) is 0 Å². The van der Waals surface area contributed by atoms with Gasteiger partial charge < -0.3 is 75.3 Å². The summed E-state index contributed by atoms with van der Waals surface area (Å²) in [5, 5.41) is 117. The summed E-state index contributed by atoms with van der Waals surface area (Å²) in [6.45, 7) is 2.95. The molecule has 2 fully saturated rings. The molecular formula is C42H83FN2O14. The molecule has 0 aromatic carbocycles. The lowest BCUT2D eigenvalue weighted by Gasteiger charge is -2.58. The molecule has 0 spiro atoms. The Balaban J connectivity index is 2.09. The highest BCUT2D eigenvalue weighted by Crippen LogP contribution is 2.45. The average Bonchev–Trinajstić information content (AvgIpc) is 3.20. The standard InChI is InChI=1S/C42H83FN2O14/c1-3-4-5-6-7-14-17-20-24-56-25-23-44-28-32(49)27-40(54)39(53)37(35(50)33(29-46)57-40)59-41(26-31(2)48)42(55,38(52)36(51)34(30-47)58-41)45-22-19-16-13-11-9-8-10-12-15-18-21-43/h31-39,44-55H,3-30H2,1-2H3/t31?,32?,33-,34-,35+,36+,37+,38+,39-,40-,41+,42-/m1/s1. The van der Waals surface area contributed by atoms with Gasteiger partial charge in [0, 0.05) is 32.5 Å². The molecule has 0 saturated carbocycles. The molecule has 2 aliphatic heterocycles. The van der Waals surface area contributed by atoms with Gasteiger partial charge in [0.25, 0.3) is 0 Å². The van der Waals surface area contributed by atoms with Crippen molar-refractivity contribution in [2.75, 3.05) is 52.7 Å². The lowest BCUT2D eigenvalue weighted by atomic mass is 9.82. The van der Waals surface area contributed by atoms with Crippen molar-refractivity contribution < 1.29 is 74.4 Å². The third kappa shape index (κ3) is 17.8. The first-order valence-electron chi connectivity index (χ1n) is 22.6. The molecule has 2 saturated heterocycles. The van der Waals surface area contributed by atoms with Gasteiger partial charge in [0.2, 0.25) is 5.79 Å². The molecule has 2 heterocycles. The van der Waals surface area contributed by atoms with Gasteiger partial charge in [-0.25, -0.2) is 0 Å². The van der Waals surface area contributed by atoms with E-state index in [2.05, 4.69) is 17.6 Å². The molecule has 16 nitrogen and oxygen atoms in total. The van der Waals surface area contributed by atoms with E-state index >= 15 is 0 Å². The van der Waals surface area contributed by atoms with Gasteiger partial charge in [-0.2, -0.15) is 0 Å². The molecule has 2 rings (SSSR count). The SMILES string of the molecule is CCCCCCCCCCOCCNCC(O)C[C@@]1(O)O[C@H](CO)[C@H](O)[C@H](O[C@]2(CC(C)O)O[C@H](CO)[C@H](O)[C@H](O)[C@]2(O)NCCCCCCCCCCCCF)[C@H]1O. The van der Waals surface area contributed by atoms with Gasteiger partial charge in [-0.1, -0.05) is 103 Å². The number of aliphatic hydroxyl groups excluding tert-OH is 8. The van der Waals surface area contributed by atoms with E-state index in [1.54, 1.807) is 0 Å². The normalized spacial score (nSPS) is 32.4. The van der Waals surface area contributed by atoms with Crippen molar-refractivity contribution in [1.29, 1.82) is 0 Å². The fourth-order valence-corrected chi connectivity index (χ4v) is 8.12. The van der Waals surface area contributed by atoms with Crippen LogP contribution in [0.25, 0.3) is 0 Å². The van der Waals surface area contributed by atoms with Crippen molar-refractivity contribution in [2.45, 2.75) is 214 Å². The quantitative estimate of drug-likeness (QED) is 0.0318. The minimum Gasteiger partial charge on any atom is -0.394 e. The monoisotopic (exact) mass is 859 g/mol. The maximum absolute atomic E-state index is 12.3. The van der Waals surface area contributed by atoms with Crippen molar-refractivity contribution in [3.05, 3.63) is 0 Å². The number of unbranched alkanes of at least 4 members (excludes halogenated alkanes) is 16. The lowest BCUT2D eigenvalue weighted by molar-refractivity contribution is -0.449. The molecule has 0 aromatic heterocycles. The summed E-state index contributed by atoms with van der Waals surface area (Å²) in [4.78, 5) is 0. The van der Waals surface area contributed by atoms with Crippen LogP contribution in [0.15, 0.2) is 0 Å². The van der Waals surface area contributed by atoms with E-state index < -0.39 is 98.3 Å². The van der Waals surface area contributed by atoms with E-state index in [0.717, 1.165) is 64.2 Å². The third-order valence-electron chi connectivity index (χ3n) is 11.6. The van der Waals surface area contributed by atoms with Crippen molar-refractivity contribution in [2.24, 2.45) is 0 Å². The van der Waals surface area contributed by atoms with Crippen molar-refractivity contribution in [1.82, 2.24) is 10.6 Å². The van der Waals surface area contributed by atoms with Gasteiger partial charge in [-0.3, -0.25) is 9.71 Å². The molecule has 12 N–H and O–H groups in total. The van der Waals surface area contributed by atoms with Crippen LogP contribution >= 0.6 is 0 Å². The van der Waals surface area contributed by atoms with E-state index in [1.165, 1.54) is 45.4 Å². The zero-order chi connectivity index (χ0) is 43.7. The van der Waals surface area contributed by atoms with Crippen molar-refractivity contribution >= 4 is 0 Å². The van der Waals surface area contributed by atoms with Gasteiger partial charge >= 0.3 is 0 Å². The molecule has 2 unspecified atom stereocenters. The summed E-state index contributed by atoms with van der Waals surface area (Å²) < 4.78 is 35.7. The van der Waals surface area contributed by atoms with E-state index in [4.69, 9.17) is 18.9 Å². The van der Waals surface area contributed by atoms with Crippen LogP contribution in [0.1, 0.15) is 142 Å². The van der Waals surface area contributed by atoms with Crippen molar-refractivity contribution in [3.8, 4) is 0 Å². The fraction of sp³-hybridized carbons (Fsp3) is 1.00. The topological polar surface area (TPSA) is 263 Å². The zero-order valence-electron chi connectivity index (χ0n) is 36.0. The largest absolute Gasteiger partial charge is 0.394 e. The molecule has 0 bridgehead atoms. The van der Waals surface area contributed by atoms with Gasteiger partial charge in [-0.05, 0) is 32.7 Å². The Bertz CT molecular complexity index is 1060. The second-order valence-corrected chi connectivity index (χ2v) is 16.8. The Labute approximate surface area is 351 Å². The number of rotatable bonds is 35. The first kappa shape index (κ1) is 54.4. The van der Waals surface area contributed by atoms with Gasteiger partial charge in [0.15, 0.2) is 11.5 Å². The maximum Gasteiger partial charge on any atom is 0.217 e. The molecule has 0 aliphatic carbocycles. The highest BCUT2D eigenvalue weighted by molar-refractivity contribution is 5.09. The van der Waals surface area contributed by atoms with Crippen LogP contribution < -0.4 is 10.6 Å². The number of ether oxygens (including phenoxy) is 4. The minimum atomic E-state index is -2.72. The Morgan fingerprint density at radius 3 is 1.76 bits per heavy atom. The van der Waals surface area contributed by atoms with Crippen LogP contribution in [0.4, 0.5) is 4.39 Å². The first-order chi connectivity index (χ1) is 28.3. The van der Waals surface area contributed by atoms with Crippen LogP contribution in [0.3, 0.4) is 0 Å². The van der Waals surface area contributed by atoms with E-state index in [-0.39, 0.29) is 19.8 Å². The Hall–Kier alpha value is -0.710. The van der Waals surface area contributed by atoms with E-state index in [9.17, 15) is 55.5 Å². The second-order valence-electron chi connectivity index (χ2n) is 16.8. The molecule has 59 heavy (non-hydrogen) atoms. The van der Waals surface area contributed by atoms with Gasteiger partial charge in [0.1, 0.15) is 42.7 Å². The molecule has 352 valence electrons. The molecule has 2 aliphatic rings. The molecule has 0 amide bonds. The first-order valence-corrected chi connectivity index (χ1v) is 22.6. The summed E-state index contributed by atoms with van der Waals surface area (Å²) in [5.74, 6) is -5.21. The van der Waals surface area contributed by atoms with Gasteiger partial charge in [-0.15, -0.1) is 0 Å². The highest BCUT2D eigenvalue weighted by atomic mass is 19.1. The maximum atomic E-state index is 12.3. The molecule has 12 atom stereocenters. The average molecular weight is 859 g/mol. The highest BCUT2D eigenvalue weighted by Gasteiger charge is 2.68. The minimum absolute atomic E-state index is 0.0417. The number of alkyl halides is 1. The number of nitrogens with one attached hydrogen (secondary N) is 2. The summed E-state index contributed by atoms with van der Waals surface area (Å²) in [6, 6.07) is 0.